The number of likely N-dealkylation sites (tertiary alicyclic amines) is 1. The van der Waals surface area contributed by atoms with Gasteiger partial charge in [-0.15, -0.1) is 5.10 Å². The van der Waals surface area contributed by atoms with Crippen molar-refractivity contribution >= 4 is 23.9 Å². The smallest absolute Gasteiger partial charge is 0.410 e. The van der Waals surface area contributed by atoms with Crippen LogP contribution in [0.25, 0.3) is 0 Å². The molecule has 12 nitrogen and oxygen atoms in total. The summed E-state index contributed by atoms with van der Waals surface area (Å²) in [6.07, 6.45) is -1.30. The monoisotopic (exact) mass is 620 g/mol. The van der Waals surface area contributed by atoms with Crippen LogP contribution >= 0.6 is 0 Å². The Bertz CT molecular complexity index is 1490. The molecule has 12 heteroatoms. The van der Waals surface area contributed by atoms with Gasteiger partial charge in [-0.2, -0.15) is 0 Å². The second-order valence-electron chi connectivity index (χ2n) is 13.0. The summed E-state index contributed by atoms with van der Waals surface area (Å²) in [6.45, 7) is 15.0. The van der Waals surface area contributed by atoms with E-state index in [2.05, 4.69) is 26.5 Å². The van der Waals surface area contributed by atoms with Crippen molar-refractivity contribution in [3.8, 4) is 0 Å². The lowest BCUT2D eigenvalue weighted by Gasteiger charge is -2.40. The summed E-state index contributed by atoms with van der Waals surface area (Å²) >= 11 is 0. The van der Waals surface area contributed by atoms with Crippen LogP contribution in [0.1, 0.15) is 68.3 Å². The van der Waals surface area contributed by atoms with E-state index in [1.54, 1.807) is 4.90 Å². The lowest BCUT2D eigenvalue weighted by atomic mass is 10.0. The molecule has 2 aliphatic heterocycles. The van der Waals surface area contributed by atoms with Crippen molar-refractivity contribution in [3.05, 3.63) is 70.6 Å². The number of hydrogen-bond acceptors (Lipinski definition) is 10. The van der Waals surface area contributed by atoms with Gasteiger partial charge in [-0.05, 0) is 76.3 Å². The predicted octanol–water partition coefficient (Wildman–Crippen LogP) is 5.32. The van der Waals surface area contributed by atoms with Gasteiger partial charge >= 0.3 is 18.2 Å². The zero-order chi connectivity index (χ0) is 32.3. The van der Waals surface area contributed by atoms with Crippen molar-refractivity contribution < 1.29 is 28.6 Å². The number of benzene rings is 2. The van der Waals surface area contributed by atoms with Gasteiger partial charge in [0.05, 0.1) is 6.10 Å². The summed E-state index contributed by atoms with van der Waals surface area (Å²) in [5.41, 5.74) is 4.42. The first-order chi connectivity index (χ1) is 21.4. The summed E-state index contributed by atoms with van der Waals surface area (Å²) in [5, 5.41) is 22.3. The molecule has 0 unspecified atom stereocenters. The average Bonchev–Trinajstić information content (AvgIpc) is 3.59. The molecule has 0 saturated carbocycles. The molecule has 2 fully saturated rings. The Morgan fingerprint density at radius 3 is 2.51 bits per heavy atom. The van der Waals surface area contributed by atoms with Crippen LogP contribution < -0.4 is 5.32 Å². The Morgan fingerprint density at radius 2 is 1.80 bits per heavy atom. The molecule has 3 atom stereocenters. The van der Waals surface area contributed by atoms with E-state index < -0.39 is 23.8 Å². The molecular weight excluding hydrogens is 576 g/mol. The normalized spacial score (nSPS) is 20.7. The number of carbonyl (C=O) groups excluding carboxylic acids is 2. The standard InChI is InChI=1S/C33H44N6O6/c1-21-16-25(19-37-14-15-38(22(2)18-37)32(42)45-33(4,5)6)23(3)26(17-21)34-30-36-35-29(44-30)28-27(40)12-13-39(28)31(41)43-20-24-10-8-7-9-11-24/h7-11,16-17,22,27-28,40H,12-15,18-20H2,1-6H3,(H,34,36)/t22-,27+,28-/m0/s1. The number of aliphatic hydroxyl groups excluding tert-OH is 1. The third-order valence-corrected chi connectivity index (χ3v) is 8.13. The lowest BCUT2D eigenvalue weighted by Crippen LogP contribution is -2.54. The molecular formula is C33H44N6O6. The highest BCUT2D eigenvalue weighted by molar-refractivity contribution is 5.69. The van der Waals surface area contributed by atoms with Gasteiger partial charge in [0.25, 0.3) is 0 Å². The molecule has 3 heterocycles. The molecule has 2 N–H and O–H groups in total. The molecule has 45 heavy (non-hydrogen) atoms. The minimum absolute atomic E-state index is 0.0225. The first-order valence-electron chi connectivity index (χ1n) is 15.5. The summed E-state index contributed by atoms with van der Waals surface area (Å²) in [6, 6.07) is 13.0. The van der Waals surface area contributed by atoms with Crippen molar-refractivity contribution in [1.82, 2.24) is 24.9 Å². The third kappa shape index (κ3) is 7.93. The topological polar surface area (TPSA) is 134 Å². The van der Waals surface area contributed by atoms with Crippen molar-refractivity contribution in [1.29, 1.82) is 0 Å². The highest BCUT2D eigenvalue weighted by atomic mass is 16.6. The highest BCUT2D eigenvalue weighted by Gasteiger charge is 2.42. The zero-order valence-corrected chi connectivity index (χ0v) is 26.9. The van der Waals surface area contributed by atoms with Gasteiger partial charge in [0.15, 0.2) is 0 Å². The van der Waals surface area contributed by atoms with E-state index in [0.29, 0.717) is 19.5 Å². The molecule has 1 aromatic heterocycles. The van der Waals surface area contributed by atoms with Crippen molar-refractivity contribution in [2.24, 2.45) is 0 Å². The van der Waals surface area contributed by atoms with Crippen LogP contribution in [0, 0.1) is 13.8 Å². The number of piperazine rings is 1. The molecule has 3 aromatic rings. The summed E-state index contributed by atoms with van der Waals surface area (Å²) in [7, 11) is 0. The summed E-state index contributed by atoms with van der Waals surface area (Å²) < 4.78 is 17.0. The molecule has 2 saturated heterocycles. The molecule has 2 amide bonds. The number of carbonyl (C=O) groups is 2. The van der Waals surface area contributed by atoms with E-state index in [4.69, 9.17) is 13.9 Å². The maximum Gasteiger partial charge on any atom is 0.410 e. The number of aliphatic hydroxyl groups is 1. The number of ether oxygens (including phenoxy) is 2. The number of anilines is 2. The molecule has 2 aliphatic rings. The molecule has 0 spiro atoms. The largest absolute Gasteiger partial charge is 0.445 e. The van der Waals surface area contributed by atoms with E-state index in [9.17, 15) is 14.7 Å². The van der Waals surface area contributed by atoms with Gasteiger partial charge < -0.3 is 29.2 Å². The molecule has 242 valence electrons. The van der Waals surface area contributed by atoms with Crippen LogP contribution in [-0.2, 0) is 22.6 Å². The minimum Gasteiger partial charge on any atom is -0.445 e. The number of nitrogens with zero attached hydrogens (tertiary/aromatic N) is 5. The van der Waals surface area contributed by atoms with Crippen LogP contribution in [-0.4, -0.2) is 86.1 Å². The number of aryl methyl sites for hydroxylation is 1. The predicted molar refractivity (Wildman–Crippen MR) is 168 cm³/mol. The van der Waals surface area contributed by atoms with Crippen LogP contribution in [0.4, 0.5) is 21.3 Å². The van der Waals surface area contributed by atoms with E-state index in [1.807, 2.05) is 77.9 Å². The second-order valence-corrected chi connectivity index (χ2v) is 13.0. The number of nitrogens with one attached hydrogen (secondary N) is 1. The molecule has 0 bridgehead atoms. The zero-order valence-electron chi connectivity index (χ0n) is 26.9. The lowest BCUT2D eigenvalue weighted by molar-refractivity contribution is 0.000530. The Kier molecular flexibility index (Phi) is 9.64. The molecule has 2 aromatic carbocycles. The molecule has 0 aliphatic carbocycles. The minimum atomic E-state index is -0.854. The first kappa shape index (κ1) is 32.2. The SMILES string of the molecule is Cc1cc(CN2CCN(C(=O)OC(C)(C)C)[C@@H](C)C2)c(C)c(Nc2nnc([C@@H]3[C@H](O)CCN3C(=O)OCc3ccccc3)o2)c1. The van der Waals surface area contributed by atoms with Gasteiger partial charge in [0.2, 0.25) is 5.89 Å². The number of aromatic nitrogens is 2. The summed E-state index contributed by atoms with van der Waals surface area (Å²) in [5.74, 6) is 0.140. The van der Waals surface area contributed by atoms with Crippen molar-refractivity contribution in [2.45, 2.75) is 84.9 Å². The van der Waals surface area contributed by atoms with Crippen LogP contribution in [0.5, 0.6) is 0 Å². The Labute approximate surface area is 264 Å². The third-order valence-electron chi connectivity index (χ3n) is 8.13. The second kappa shape index (κ2) is 13.5. The fraction of sp³-hybridized carbons (Fsp3) is 0.515. The molecule has 0 radical (unpaired) electrons. The quantitative estimate of drug-likeness (QED) is 0.358. The van der Waals surface area contributed by atoms with Crippen LogP contribution in [0.3, 0.4) is 0 Å². The fourth-order valence-corrected chi connectivity index (χ4v) is 5.84. The Morgan fingerprint density at radius 1 is 1.04 bits per heavy atom. The highest BCUT2D eigenvalue weighted by Crippen LogP contribution is 2.34. The van der Waals surface area contributed by atoms with Crippen molar-refractivity contribution in [2.75, 3.05) is 31.5 Å². The summed E-state index contributed by atoms with van der Waals surface area (Å²) in [4.78, 5) is 31.2. The van der Waals surface area contributed by atoms with Gasteiger partial charge in [0.1, 0.15) is 18.2 Å². The van der Waals surface area contributed by atoms with Gasteiger partial charge in [-0.1, -0.05) is 41.5 Å². The number of amides is 2. The fourth-order valence-electron chi connectivity index (χ4n) is 5.84. The van der Waals surface area contributed by atoms with Gasteiger partial charge in [0, 0.05) is 44.5 Å². The maximum absolute atomic E-state index is 12.9. The Balaban J connectivity index is 1.23. The number of hydrogen-bond donors (Lipinski definition) is 2. The first-order valence-corrected chi connectivity index (χ1v) is 15.5. The number of rotatable bonds is 7. The molecule has 5 rings (SSSR count). The Hall–Kier alpha value is -4.16. The maximum atomic E-state index is 12.9. The van der Waals surface area contributed by atoms with Gasteiger partial charge in [-0.3, -0.25) is 9.80 Å². The van der Waals surface area contributed by atoms with E-state index in [-0.39, 0.29) is 30.6 Å². The van der Waals surface area contributed by atoms with Crippen LogP contribution in [0.15, 0.2) is 46.9 Å². The van der Waals surface area contributed by atoms with Crippen molar-refractivity contribution in [3.63, 3.8) is 0 Å². The van der Waals surface area contributed by atoms with E-state index in [1.165, 1.54) is 4.90 Å². The van der Waals surface area contributed by atoms with E-state index in [0.717, 1.165) is 47.6 Å². The van der Waals surface area contributed by atoms with Gasteiger partial charge in [-0.25, -0.2) is 9.59 Å². The van der Waals surface area contributed by atoms with Crippen LogP contribution in [0.2, 0.25) is 0 Å². The average molecular weight is 621 g/mol. The van der Waals surface area contributed by atoms with E-state index >= 15 is 0 Å².